The molecule has 0 radical (unpaired) electrons. The summed E-state index contributed by atoms with van der Waals surface area (Å²) in [5.74, 6) is 1.55. The number of aliphatic hydroxyl groups is 1. The Hall–Kier alpha value is -0.540. The van der Waals surface area contributed by atoms with Gasteiger partial charge in [-0.25, -0.2) is 0 Å². The molecule has 1 atom stereocenters. The predicted molar refractivity (Wildman–Crippen MR) is 86.1 cm³/mol. The van der Waals surface area contributed by atoms with E-state index in [-0.39, 0.29) is 6.10 Å². The molecule has 1 aromatic rings. The summed E-state index contributed by atoms with van der Waals surface area (Å²) in [6.07, 6.45) is 8.10. The molecule has 0 amide bonds. The van der Waals surface area contributed by atoms with Gasteiger partial charge in [-0.1, -0.05) is 45.1 Å². The molecule has 0 bridgehead atoms. The maximum Gasteiger partial charge on any atom is 0.133 e. The number of aliphatic hydroxyl groups excluding tert-OH is 1. The Morgan fingerprint density at radius 1 is 1.30 bits per heavy atom. The quantitative estimate of drug-likeness (QED) is 0.766. The van der Waals surface area contributed by atoms with Crippen molar-refractivity contribution in [3.8, 4) is 5.75 Å². The number of ether oxygens (including phenoxy) is 1. The maximum atomic E-state index is 10.4. The second-order valence-electron chi connectivity index (χ2n) is 5.79. The van der Waals surface area contributed by atoms with Gasteiger partial charge in [0.15, 0.2) is 0 Å². The molecule has 1 saturated carbocycles. The Kier molecular flexibility index (Phi) is 6.37. The van der Waals surface area contributed by atoms with Crippen LogP contribution in [0, 0.1) is 5.92 Å². The average Bonchev–Trinajstić information content (AvgIpc) is 2.47. The Labute approximate surface area is 130 Å². The van der Waals surface area contributed by atoms with E-state index in [0.717, 1.165) is 35.2 Å². The van der Waals surface area contributed by atoms with Crippen LogP contribution < -0.4 is 4.74 Å². The minimum Gasteiger partial charge on any atom is -0.492 e. The second kappa shape index (κ2) is 8.04. The van der Waals surface area contributed by atoms with E-state index in [9.17, 15) is 5.11 Å². The zero-order valence-corrected chi connectivity index (χ0v) is 13.9. The van der Waals surface area contributed by atoms with Crippen molar-refractivity contribution in [1.29, 1.82) is 0 Å². The van der Waals surface area contributed by atoms with Crippen LogP contribution >= 0.6 is 15.9 Å². The van der Waals surface area contributed by atoms with Crippen molar-refractivity contribution < 1.29 is 9.84 Å². The molecule has 3 heteroatoms. The van der Waals surface area contributed by atoms with E-state index in [4.69, 9.17) is 4.74 Å². The summed E-state index contributed by atoms with van der Waals surface area (Å²) in [4.78, 5) is 0. The first-order valence-corrected chi connectivity index (χ1v) is 8.60. The first-order chi connectivity index (χ1) is 9.70. The highest BCUT2D eigenvalue weighted by atomic mass is 79.9. The molecule has 2 nitrogen and oxygen atoms in total. The van der Waals surface area contributed by atoms with Gasteiger partial charge in [-0.3, -0.25) is 0 Å². The molecule has 1 aliphatic carbocycles. The standard InChI is InChI=1S/C17H25BrO2/c1-2-10-20-17-9-8-14(12-15(17)18)16(19)11-13-6-4-3-5-7-13/h8-9,12-13,16,19H,2-7,10-11H2,1H3. The highest BCUT2D eigenvalue weighted by Crippen LogP contribution is 2.34. The summed E-state index contributed by atoms with van der Waals surface area (Å²) >= 11 is 3.53. The third-order valence-corrected chi connectivity index (χ3v) is 4.70. The van der Waals surface area contributed by atoms with Crippen LogP contribution in [-0.4, -0.2) is 11.7 Å². The number of hydrogen-bond donors (Lipinski definition) is 1. The fourth-order valence-electron chi connectivity index (χ4n) is 2.93. The average molecular weight is 341 g/mol. The Balaban J connectivity index is 1.95. The van der Waals surface area contributed by atoms with Gasteiger partial charge >= 0.3 is 0 Å². The molecule has 20 heavy (non-hydrogen) atoms. The van der Waals surface area contributed by atoms with Crippen LogP contribution in [0.2, 0.25) is 0 Å². The van der Waals surface area contributed by atoms with E-state index in [0.29, 0.717) is 5.92 Å². The summed E-state index contributed by atoms with van der Waals surface area (Å²) < 4.78 is 6.58. The first kappa shape index (κ1) is 15.8. The first-order valence-electron chi connectivity index (χ1n) is 7.81. The van der Waals surface area contributed by atoms with Crippen molar-refractivity contribution >= 4 is 15.9 Å². The molecule has 1 unspecified atom stereocenters. The van der Waals surface area contributed by atoms with Crippen LogP contribution in [-0.2, 0) is 0 Å². The molecular weight excluding hydrogens is 316 g/mol. The molecule has 0 heterocycles. The lowest BCUT2D eigenvalue weighted by molar-refractivity contribution is 0.131. The van der Waals surface area contributed by atoms with Crippen LogP contribution in [0.4, 0.5) is 0 Å². The molecule has 0 spiro atoms. The minimum absolute atomic E-state index is 0.352. The van der Waals surface area contributed by atoms with Crippen LogP contribution in [0.1, 0.15) is 63.5 Å². The van der Waals surface area contributed by atoms with Crippen LogP contribution in [0.25, 0.3) is 0 Å². The second-order valence-corrected chi connectivity index (χ2v) is 6.65. The van der Waals surface area contributed by atoms with Gasteiger partial charge in [0.25, 0.3) is 0 Å². The lowest BCUT2D eigenvalue weighted by atomic mass is 9.84. The molecule has 112 valence electrons. The topological polar surface area (TPSA) is 29.5 Å². The number of hydrogen-bond acceptors (Lipinski definition) is 2. The summed E-state index contributed by atoms with van der Waals surface area (Å²) in [5.41, 5.74) is 0.992. The van der Waals surface area contributed by atoms with E-state index in [2.05, 4.69) is 22.9 Å². The molecule has 1 fully saturated rings. The van der Waals surface area contributed by atoms with Gasteiger partial charge in [-0.05, 0) is 52.4 Å². The Morgan fingerprint density at radius 3 is 2.70 bits per heavy atom. The minimum atomic E-state index is -0.352. The highest BCUT2D eigenvalue weighted by Gasteiger charge is 2.19. The molecule has 0 saturated heterocycles. The van der Waals surface area contributed by atoms with Crippen LogP contribution in [0.5, 0.6) is 5.75 Å². The largest absolute Gasteiger partial charge is 0.492 e. The van der Waals surface area contributed by atoms with E-state index in [1.807, 2.05) is 18.2 Å². The lowest BCUT2D eigenvalue weighted by Crippen LogP contribution is -2.11. The number of halogens is 1. The molecule has 0 aliphatic heterocycles. The predicted octanol–water partition coefficient (Wildman–Crippen LogP) is 5.24. The molecular formula is C17H25BrO2. The molecule has 1 aromatic carbocycles. The van der Waals surface area contributed by atoms with Crippen LogP contribution in [0.3, 0.4) is 0 Å². The van der Waals surface area contributed by atoms with Crippen LogP contribution in [0.15, 0.2) is 22.7 Å². The van der Waals surface area contributed by atoms with Gasteiger partial charge in [0.05, 0.1) is 17.2 Å². The van der Waals surface area contributed by atoms with E-state index >= 15 is 0 Å². The van der Waals surface area contributed by atoms with Crippen molar-refractivity contribution in [2.75, 3.05) is 6.61 Å². The molecule has 0 aromatic heterocycles. The summed E-state index contributed by atoms with van der Waals surface area (Å²) in [6.45, 7) is 2.82. The Bertz CT molecular complexity index is 413. The normalized spacial score (nSPS) is 17.9. The van der Waals surface area contributed by atoms with E-state index in [1.54, 1.807) is 0 Å². The Morgan fingerprint density at radius 2 is 2.05 bits per heavy atom. The maximum absolute atomic E-state index is 10.4. The van der Waals surface area contributed by atoms with Gasteiger partial charge in [-0.15, -0.1) is 0 Å². The van der Waals surface area contributed by atoms with E-state index < -0.39 is 0 Å². The third-order valence-electron chi connectivity index (χ3n) is 4.08. The fraction of sp³-hybridized carbons (Fsp3) is 0.647. The zero-order chi connectivity index (χ0) is 14.4. The van der Waals surface area contributed by atoms with Crippen molar-refractivity contribution in [2.24, 2.45) is 5.92 Å². The summed E-state index contributed by atoms with van der Waals surface area (Å²) in [7, 11) is 0. The monoisotopic (exact) mass is 340 g/mol. The molecule has 1 aliphatic rings. The van der Waals surface area contributed by atoms with Crippen molar-refractivity contribution in [2.45, 2.75) is 58.0 Å². The van der Waals surface area contributed by atoms with Gasteiger partial charge in [-0.2, -0.15) is 0 Å². The molecule has 1 N–H and O–H groups in total. The summed E-state index contributed by atoms with van der Waals surface area (Å²) in [5, 5.41) is 10.4. The number of rotatable bonds is 6. The smallest absolute Gasteiger partial charge is 0.133 e. The van der Waals surface area contributed by atoms with Crippen molar-refractivity contribution in [3.05, 3.63) is 28.2 Å². The lowest BCUT2D eigenvalue weighted by Gasteiger charge is -2.24. The zero-order valence-electron chi connectivity index (χ0n) is 12.3. The van der Waals surface area contributed by atoms with Crippen molar-refractivity contribution in [1.82, 2.24) is 0 Å². The van der Waals surface area contributed by atoms with Gasteiger partial charge in [0.2, 0.25) is 0 Å². The van der Waals surface area contributed by atoms with Gasteiger partial charge in [0, 0.05) is 0 Å². The van der Waals surface area contributed by atoms with Gasteiger partial charge in [0.1, 0.15) is 5.75 Å². The fourth-order valence-corrected chi connectivity index (χ4v) is 3.44. The molecule has 2 rings (SSSR count). The van der Waals surface area contributed by atoms with E-state index in [1.165, 1.54) is 32.1 Å². The summed E-state index contributed by atoms with van der Waals surface area (Å²) in [6, 6.07) is 5.95. The van der Waals surface area contributed by atoms with Crippen molar-refractivity contribution in [3.63, 3.8) is 0 Å². The SMILES string of the molecule is CCCOc1ccc(C(O)CC2CCCCC2)cc1Br. The third kappa shape index (κ3) is 4.49. The highest BCUT2D eigenvalue weighted by molar-refractivity contribution is 9.10. The van der Waals surface area contributed by atoms with Gasteiger partial charge < -0.3 is 9.84 Å². The number of benzene rings is 1.